The van der Waals surface area contributed by atoms with Gasteiger partial charge in [0, 0.05) is 18.0 Å². The molecule has 0 heterocycles. The van der Waals surface area contributed by atoms with E-state index in [1.807, 2.05) is 0 Å². The van der Waals surface area contributed by atoms with Crippen LogP contribution in [0.15, 0.2) is 30.3 Å². The topological polar surface area (TPSA) is 12.0 Å². The van der Waals surface area contributed by atoms with E-state index >= 15 is 0 Å². The fraction of sp³-hybridized carbons (Fsp3) is 0.684. The predicted molar refractivity (Wildman–Crippen MR) is 88.1 cm³/mol. The molecule has 1 unspecified atom stereocenters. The standard InChI is InChI=1S/C19H31N/c1-5-19(14-13-18(2,3)4,15-20-17-11-12-17)16-9-7-6-8-10-16/h6-10,17,20H,5,11-15H2,1-4H3. The fourth-order valence-electron chi connectivity index (χ4n) is 2.87. The molecule has 1 fully saturated rings. The molecule has 0 aromatic heterocycles. The Bertz CT molecular complexity index is 400. The van der Waals surface area contributed by atoms with Crippen LogP contribution in [0.25, 0.3) is 0 Å². The van der Waals surface area contributed by atoms with E-state index in [2.05, 4.69) is 63.3 Å². The fourth-order valence-corrected chi connectivity index (χ4v) is 2.87. The average molecular weight is 273 g/mol. The Morgan fingerprint density at radius 1 is 1.05 bits per heavy atom. The van der Waals surface area contributed by atoms with Crippen molar-refractivity contribution < 1.29 is 0 Å². The van der Waals surface area contributed by atoms with E-state index in [4.69, 9.17) is 0 Å². The summed E-state index contributed by atoms with van der Waals surface area (Å²) in [6.07, 6.45) is 6.51. The molecule has 0 radical (unpaired) electrons. The van der Waals surface area contributed by atoms with Crippen LogP contribution >= 0.6 is 0 Å². The van der Waals surface area contributed by atoms with E-state index < -0.39 is 0 Å². The summed E-state index contributed by atoms with van der Waals surface area (Å²) >= 11 is 0. The normalized spacial score (nSPS) is 18.8. The molecule has 0 amide bonds. The maximum atomic E-state index is 3.78. The molecule has 112 valence electrons. The van der Waals surface area contributed by atoms with Gasteiger partial charge >= 0.3 is 0 Å². The molecule has 1 N–H and O–H groups in total. The lowest BCUT2D eigenvalue weighted by atomic mass is 9.71. The van der Waals surface area contributed by atoms with Gasteiger partial charge in [-0.25, -0.2) is 0 Å². The molecule has 1 aliphatic rings. The van der Waals surface area contributed by atoms with E-state index in [9.17, 15) is 0 Å². The van der Waals surface area contributed by atoms with Gasteiger partial charge in [-0.1, -0.05) is 58.0 Å². The van der Waals surface area contributed by atoms with E-state index in [1.54, 1.807) is 0 Å². The summed E-state index contributed by atoms with van der Waals surface area (Å²) in [6.45, 7) is 10.5. The molecule has 1 heteroatoms. The maximum absolute atomic E-state index is 3.78. The van der Waals surface area contributed by atoms with Crippen LogP contribution in [0, 0.1) is 5.41 Å². The van der Waals surface area contributed by atoms with Crippen molar-refractivity contribution >= 4 is 0 Å². The molecule has 1 aromatic carbocycles. The van der Waals surface area contributed by atoms with Crippen LogP contribution < -0.4 is 5.32 Å². The highest BCUT2D eigenvalue weighted by Crippen LogP contribution is 2.37. The highest BCUT2D eigenvalue weighted by Gasteiger charge is 2.33. The Kier molecular flexibility index (Phi) is 4.90. The Hall–Kier alpha value is -0.820. The summed E-state index contributed by atoms with van der Waals surface area (Å²) < 4.78 is 0. The zero-order chi connectivity index (χ0) is 14.6. The van der Waals surface area contributed by atoms with Crippen molar-refractivity contribution in [2.45, 2.75) is 71.3 Å². The van der Waals surface area contributed by atoms with Crippen LogP contribution in [0.2, 0.25) is 0 Å². The van der Waals surface area contributed by atoms with Gasteiger partial charge in [-0.3, -0.25) is 0 Å². The molecule has 1 saturated carbocycles. The van der Waals surface area contributed by atoms with Gasteiger partial charge in [0.1, 0.15) is 0 Å². The molecular weight excluding hydrogens is 242 g/mol. The predicted octanol–water partition coefficient (Wildman–Crippen LogP) is 4.91. The highest BCUT2D eigenvalue weighted by molar-refractivity contribution is 5.26. The molecule has 0 saturated heterocycles. The summed E-state index contributed by atoms with van der Waals surface area (Å²) in [4.78, 5) is 0. The van der Waals surface area contributed by atoms with Crippen molar-refractivity contribution in [1.29, 1.82) is 0 Å². The van der Waals surface area contributed by atoms with Crippen molar-refractivity contribution in [3.05, 3.63) is 35.9 Å². The number of nitrogens with one attached hydrogen (secondary N) is 1. The number of benzene rings is 1. The van der Waals surface area contributed by atoms with Crippen LogP contribution in [0.3, 0.4) is 0 Å². The Morgan fingerprint density at radius 3 is 2.20 bits per heavy atom. The second-order valence-electron chi connectivity index (χ2n) is 7.72. The highest BCUT2D eigenvalue weighted by atomic mass is 15.0. The van der Waals surface area contributed by atoms with Gasteiger partial charge in [0.05, 0.1) is 0 Å². The van der Waals surface area contributed by atoms with Crippen LogP contribution in [0.5, 0.6) is 0 Å². The third-order valence-corrected chi connectivity index (χ3v) is 4.72. The van der Waals surface area contributed by atoms with Crippen molar-refractivity contribution in [1.82, 2.24) is 5.32 Å². The molecule has 2 rings (SSSR count). The average Bonchev–Trinajstić information content (AvgIpc) is 3.24. The van der Waals surface area contributed by atoms with Gasteiger partial charge in [0.15, 0.2) is 0 Å². The zero-order valence-corrected chi connectivity index (χ0v) is 13.7. The third-order valence-electron chi connectivity index (χ3n) is 4.72. The smallest absolute Gasteiger partial charge is 0.00754 e. The first kappa shape index (κ1) is 15.6. The van der Waals surface area contributed by atoms with Gasteiger partial charge in [0.25, 0.3) is 0 Å². The minimum atomic E-state index is 0.303. The minimum absolute atomic E-state index is 0.303. The molecule has 1 aliphatic carbocycles. The molecule has 0 bridgehead atoms. The summed E-state index contributed by atoms with van der Waals surface area (Å²) in [7, 11) is 0. The minimum Gasteiger partial charge on any atom is -0.313 e. The second-order valence-corrected chi connectivity index (χ2v) is 7.72. The second kappa shape index (κ2) is 6.30. The number of hydrogen-bond acceptors (Lipinski definition) is 1. The summed E-state index contributed by atoms with van der Waals surface area (Å²) in [5.41, 5.74) is 2.23. The van der Waals surface area contributed by atoms with Crippen molar-refractivity contribution in [3.63, 3.8) is 0 Å². The monoisotopic (exact) mass is 273 g/mol. The molecule has 0 aliphatic heterocycles. The van der Waals surface area contributed by atoms with E-state index in [0.717, 1.165) is 12.6 Å². The Morgan fingerprint density at radius 2 is 1.70 bits per heavy atom. The third kappa shape index (κ3) is 4.34. The van der Waals surface area contributed by atoms with Gasteiger partial charge < -0.3 is 5.32 Å². The van der Waals surface area contributed by atoms with Crippen LogP contribution in [-0.4, -0.2) is 12.6 Å². The molecule has 1 aromatic rings. The first-order valence-electron chi connectivity index (χ1n) is 8.24. The first-order chi connectivity index (χ1) is 9.45. The van der Waals surface area contributed by atoms with Gasteiger partial charge in [-0.05, 0) is 43.1 Å². The lowest BCUT2D eigenvalue weighted by Crippen LogP contribution is -2.39. The van der Waals surface area contributed by atoms with Crippen molar-refractivity contribution in [2.24, 2.45) is 5.41 Å². The van der Waals surface area contributed by atoms with Gasteiger partial charge in [-0.2, -0.15) is 0 Å². The van der Waals surface area contributed by atoms with E-state index in [0.29, 0.717) is 10.8 Å². The quantitative estimate of drug-likeness (QED) is 0.744. The first-order valence-corrected chi connectivity index (χ1v) is 8.24. The van der Waals surface area contributed by atoms with E-state index in [1.165, 1.54) is 37.7 Å². The summed E-state index contributed by atoms with van der Waals surface area (Å²) in [6, 6.07) is 11.9. The van der Waals surface area contributed by atoms with Gasteiger partial charge in [0.2, 0.25) is 0 Å². The zero-order valence-electron chi connectivity index (χ0n) is 13.7. The Balaban J connectivity index is 2.14. The van der Waals surface area contributed by atoms with E-state index in [-0.39, 0.29) is 0 Å². The number of rotatable bonds is 7. The lowest BCUT2D eigenvalue weighted by Gasteiger charge is -2.36. The van der Waals surface area contributed by atoms with Crippen molar-refractivity contribution in [3.8, 4) is 0 Å². The summed E-state index contributed by atoms with van der Waals surface area (Å²) in [5.74, 6) is 0. The molecule has 1 atom stereocenters. The SMILES string of the molecule is CCC(CCC(C)(C)C)(CNC1CC1)c1ccccc1. The summed E-state index contributed by atoms with van der Waals surface area (Å²) in [5, 5.41) is 3.78. The number of hydrogen-bond donors (Lipinski definition) is 1. The largest absolute Gasteiger partial charge is 0.313 e. The molecule has 1 nitrogen and oxygen atoms in total. The van der Waals surface area contributed by atoms with Gasteiger partial charge in [-0.15, -0.1) is 0 Å². The Labute approximate surface area is 125 Å². The lowest BCUT2D eigenvalue weighted by molar-refractivity contribution is 0.273. The molecular formula is C19H31N. The van der Waals surface area contributed by atoms with Crippen LogP contribution in [-0.2, 0) is 5.41 Å². The maximum Gasteiger partial charge on any atom is 0.00754 e. The molecule has 0 spiro atoms. The van der Waals surface area contributed by atoms with Crippen LogP contribution in [0.4, 0.5) is 0 Å². The van der Waals surface area contributed by atoms with Crippen molar-refractivity contribution in [2.75, 3.05) is 6.54 Å². The van der Waals surface area contributed by atoms with Crippen LogP contribution in [0.1, 0.15) is 65.4 Å². The molecule has 20 heavy (non-hydrogen) atoms.